The van der Waals surface area contributed by atoms with E-state index in [0.29, 0.717) is 25.3 Å². The molecule has 25 heavy (non-hydrogen) atoms. The van der Waals surface area contributed by atoms with Crippen molar-refractivity contribution in [2.75, 3.05) is 5.32 Å². The summed E-state index contributed by atoms with van der Waals surface area (Å²) in [5.41, 5.74) is 1.69. The number of halogens is 2. The minimum atomic E-state index is -0.279. The van der Waals surface area contributed by atoms with Crippen LogP contribution < -0.4 is 5.32 Å². The smallest absolute Gasteiger partial charge is 0.227 e. The largest absolute Gasteiger partial charge is 0.309 e. The Kier molecular flexibility index (Phi) is 5.28. The molecule has 1 N–H and O–H groups in total. The summed E-state index contributed by atoms with van der Waals surface area (Å²) in [5.74, 6) is 0.0539. The van der Waals surface area contributed by atoms with Crippen LogP contribution in [0.2, 0.25) is 0 Å². The summed E-state index contributed by atoms with van der Waals surface area (Å²) in [6, 6.07) is 8.06. The first-order valence-corrected chi connectivity index (χ1v) is 8.56. The zero-order chi connectivity index (χ0) is 17.8. The highest BCUT2D eigenvalue weighted by Gasteiger charge is 2.08. The summed E-state index contributed by atoms with van der Waals surface area (Å²) in [4.78, 5) is 12.0. The molecule has 8 heteroatoms. The molecule has 0 saturated carbocycles. The Hall–Kier alpha value is -2.48. The van der Waals surface area contributed by atoms with Crippen molar-refractivity contribution in [3.8, 4) is 0 Å². The van der Waals surface area contributed by atoms with Crippen LogP contribution in [-0.4, -0.2) is 25.5 Å². The van der Waals surface area contributed by atoms with Gasteiger partial charge in [-0.05, 0) is 40.5 Å². The fraction of sp³-hybridized carbons (Fsp3) is 0.235. The highest BCUT2D eigenvalue weighted by molar-refractivity contribution is 9.10. The molecule has 130 valence electrons. The van der Waals surface area contributed by atoms with E-state index >= 15 is 0 Å². The Balaban J connectivity index is 1.53. The number of amides is 1. The summed E-state index contributed by atoms with van der Waals surface area (Å²) in [5, 5.41) is 11.3. The van der Waals surface area contributed by atoms with Crippen LogP contribution in [0.4, 0.5) is 10.2 Å². The lowest BCUT2D eigenvalue weighted by Gasteiger charge is -2.04. The first-order valence-electron chi connectivity index (χ1n) is 7.77. The molecule has 0 aliphatic heterocycles. The number of hydrogen-bond donors (Lipinski definition) is 1. The molecule has 6 nitrogen and oxygen atoms in total. The van der Waals surface area contributed by atoms with E-state index in [2.05, 4.69) is 31.4 Å². The number of aromatic nitrogens is 4. The van der Waals surface area contributed by atoms with Gasteiger partial charge in [-0.25, -0.2) is 4.39 Å². The number of nitrogens with one attached hydrogen (secondary N) is 1. The van der Waals surface area contributed by atoms with Crippen LogP contribution >= 0.6 is 15.9 Å². The number of carbonyl (C=O) groups is 1. The minimum absolute atomic E-state index is 0.139. The lowest BCUT2D eigenvalue weighted by molar-refractivity contribution is -0.116. The van der Waals surface area contributed by atoms with E-state index in [1.165, 1.54) is 12.1 Å². The number of anilines is 1. The molecule has 1 amide bonds. The summed E-state index contributed by atoms with van der Waals surface area (Å²) in [6.07, 6.45) is 3.88. The average Bonchev–Trinajstić information content (AvgIpc) is 3.12. The van der Waals surface area contributed by atoms with Gasteiger partial charge in [0.25, 0.3) is 0 Å². The molecule has 0 aliphatic rings. The highest BCUT2D eigenvalue weighted by atomic mass is 79.9. The molecule has 0 atom stereocenters. The Morgan fingerprint density at radius 3 is 2.84 bits per heavy atom. The first kappa shape index (κ1) is 17.3. The summed E-state index contributed by atoms with van der Waals surface area (Å²) < 4.78 is 17.5. The monoisotopic (exact) mass is 405 g/mol. The van der Waals surface area contributed by atoms with Gasteiger partial charge in [-0.1, -0.05) is 12.1 Å². The molecule has 2 aromatic heterocycles. The van der Waals surface area contributed by atoms with Crippen LogP contribution in [0, 0.1) is 12.7 Å². The van der Waals surface area contributed by atoms with E-state index in [-0.39, 0.29) is 11.7 Å². The summed E-state index contributed by atoms with van der Waals surface area (Å²) in [7, 11) is 0. The van der Waals surface area contributed by atoms with Crippen LogP contribution in [0.25, 0.3) is 0 Å². The number of hydrogen-bond acceptors (Lipinski definition) is 3. The lowest BCUT2D eigenvalue weighted by atomic mass is 10.2. The van der Waals surface area contributed by atoms with Crippen LogP contribution in [0.1, 0.15) is 17.7 Å². The van der Waals surface area contributed by atoms with E-state index in [0.717, 1.165) is 15.7 Å². The first-order chi connectivity index (χ1) is 12.0. The van der Waals surface area contributed by atoms with E-state index in [4.69, 9.17) is 0 Å². The maximum absolute atomic E-state index is 13.2. The molecule has 0 radical (unpaired) electrons. The van der Waals surface area contributed by atoms with E-state index in [1.807, 2.05) is 19.2 Å². The summed E-state index contributed by atoms with van der Waals surface area (Å²) >= 11 is 3.39. The van der Waals surface area contributed by atoms with Crippen molar-refractivity contribution in [2.45, 2.75) is 26.4 Å². The molecule has 0 fully saturated rings. The average molecular weight is 406 g/mol. The van der Waals surface area contributed by atoms with E-state index in [9.17, 15) is 9.18 Å². The molecule has 0 unspecified atom stereocenters. The molecule has 0 aliphatic carbocycles. The second kappa shape index (κ2) is 7.60. The van der Waals surface area contributed by atoms with Crippen molar-refractivity contribution in [3.05, 3.63) is 64.3 Å². The van der Waals surface area contributed by atoms with Gasteiger partial charge in [0.1, 0.15) is 5.82 Å². The van der Waals surface area contributed by atoms with Gasteiger partial charge in [-0.15, -0.1) is 0 Å². The van der Waals surface area contributed by atoms with E-state index < -0.39 is 0 Å². The molecule has 0 saturated heterocycles. The van der Waals surface area contributed by atoms with Gasteiger partial charge in [0.05, 0.1) is 16.7 Å². The number of benzene rings is 1. The van der Waals surface area contributed by atoms with Crippen molar-refractivity contribution in [1.82, 2.24) is 19.6 Å². The standard InChI is InChI=1S/C17H17BrFN5O/c1-12-15(18)11-24(21-12)8-6-17(25)20-16-5-7-23(22-16)10-13-3-2-4-14(19)9-13/h2-5,7,9,11H,6,8,10H2,1H3,(H,20,22,25). The maximum Gasteiger partial charge on any atom is 0.227 e. The maximum atomic E-state index is 13.2. The van der Waals surface area contributed by atoms with Crippen molar-refractivity contribution in [3.63, 3.8) is 0 Å². The fourth-order valence-electron chi connectivity index (χ4n) is 2.37. The summed E-state index contributed by atoms with van der Waals surface area (Å²) in [6.45, 7) is 2.82. The third-order valence-corrected chi connectivity index (χ3v) is 4.37. The molecule has 3 aromatic rings. The highest BCUT2D eigenvalue weighted by Crippen LogP contribution is 2.13. The lowest BCUT2D eigenvalue weighted by Crippen LogP contribution is -2.15. The van der Waals surface area contributed by atoms with Crippen molar-refractivity contribution in [1.29, 1.82) is 0 Å². The second-order valence-corrected chi connectivity index (χ2v) is 6.51. The predicted octanol–water partition coefficient (Wildman–Crippen LogP) is 3.37. The van der Waals surface area contributed by atoms with Crippen LogP contribution in [0.5, 0.6) is 0 Å². The van der Waals surface area contributed by atoms with Crippen LogP contribution in [0.3, 0.4) is 0 Å². The predicted molar refractivity (Wildman–Crippen MR) is 95.6 cm³/mol. The normalized spacial score (nSPS) is 10.8. The van der Waals surface area contributed by atoms with E-state index in [1.54, 1.807) is 27.7 Å². The molecular weight excluding hydrogens is 389 g/mol. The topological polar surface area (TPSA) is 64.7 Å². The Labute approximate surface area is 152 Å². The fourth-order valence-corrected chi connectivity index (χ4v) is 2.68. The third kappa shape index (κ3) is 4.76. The molecule has 0 bridgehead atoms. The zero-order valence-corrected chi connectivity index (χ0v) is 15.2. The van der Waals surface area contributed by atoms with Gasteiger partial charge < -0.3 is 5.32 Å². The van der Waals surface area contributed by atoms with Gasteiger partial charge in [0.2, 0.25) is 5.91 Å². The van der Waals surface area contributed by atoms with Crippen LogP contribution in [-0.2, 0) is 17.9 Å². The molecule has 0 spiro atoms. The number of rotatable bonds is 6. The Bertz CT molecular complexity index is 869. The number of aryl methyl sites for hydroxylation is 2. The van der Waals surface area contributed by atoms with Gasteiger partial charge in [-0.2, -0.15) is 10.2 Å². The molecule has 2 heterocycles. The minimum Gasteiger partial charge on any atom is -0.309 e. The zero-order valence-electron chi connectivity index (χ0n) is 13.6. The Morgan fingerprint density at radius 1 is 1.28 bits per heavy atom. The second-order valence-electron chi connectivity index (χ2n) is 5.65. The Morgan fingerprint density at radius 2 is 2.12 bits per heavy atom. The number of nitrogens with zero attached hydrogens (tertiary/aromatic N) is 4. The van der Waals surface area contributed by atoms with Crippen molar-refractivity contribution >= 4 is 27.7 Å². The number of carbonyl (C=O) groups excluding carboxylic acids is 1. The molecule has 1 aromatic carbocycles. The molecular formula is C17H17BrFN5O. The third-order valence-electron chi connectivity index (χ3n) is 3.60. The van der Waals surface area contributed by atoms with Crippen LogP contribution in [0.15, 0.2) is 47.2 Å². The quantitative estimate of drug-likeness (QED) is 0.683. The van der Waals surface area contributed by atoms with Gasteiger partial charge in [-0.3, -0.25) is 14.2 Å². The SMILES string of the molecule is Cc1nn(CCC(=O)Nc2ccn(Cc3cccc(F)c3)n2)cc1Br. The molecule has 3 rings (SSSR count). The van der Waals surface area contributed by atoms with Crippen molar-refractivity contribution in [2.24, 2.45) is 0 Å². The van der Waals surface area contributed by atoms with Gasteiger partial charge in [0, 0.05) is 31.4 Å². The van der Waals surface area contributed by atoms with Gasteiger partial charge in [0.15, 0.2) is 5.82 Å². The van der Waals surface area contributed by atoms with Crippen molar-refractivity contribution < 1.29 is 9.18 Å². The van der Waals surface area contributed by atoms with Gasteiger partial charge >= 0.3 is 0 Å².